The first-order valence-corrected chi connectivity index (χ1v) is 7.85. The van der Waals surface area contributed by atoms with Crippen LogP contribution in [0.4, 0.5) is 4.79 Å². The first-order valence-electron chi connectivity index (χ1n) is 7.85. The van der Waals surface area contributed by atoms with E-state index in [-0.39, 0.29) is 24.1 Å². The Balaban J connectivity index is 1.48. The quantitative estimate of drug-likeness (QED) is 0.795. The number of hydrogen-bond donors (Lipinski definition) is 3. The summed E-state index contributed by atoms with van der Waals surface area (Å²) >= 11 is 0. The number of urea groups is 1. The molecule has 0 radical (unpaired) electrons. The topological polar surface area (TPSA) is 61.4 Å². The summed E-state index contributed by atoms with van der Waals surface area (Å²) < 4.78 is 0. The summed E-state index contributed by atoms with van der Waals surface area (Å²) in [6.07, 6.45) is 4.05. The minimum atomic E-state index is -0.166. The number of amides is 2. The van der Waals surface area contributed by atoms with Crippen molar-refractivity contribution in [3.63, 3.8) is 0 Å². The van der Waals surface area contributed by atoms with E-state index in [4.69, 9.17) is 0 Å². The molecule has 1 fully saturated rings. The monoisotopic (exact) mass is 288 g/mol. The van der Waals surface area contributed by atoms with Crippen molar-refractivity contribution < 1.29 is 9.90 Å². The zero-order valence-corrected chi connectivity index (χ0v) is 12.6. The maximum Gasteiger partial charge on any atom is 0.315 e. The SMILES string of the molecule is CC1(CO)CCCC1NC(=O)NCC1Cc2ccccc21. The Morgan fingerprint density at radius 2 is 2.24 bits per heavy atom. The van der Waals surface area contributed by atoms with E-state index in [1.165, 1.54) is 11.1 Å². The van der Waals surface area contributed by atoms with Gasteiger partial charge >= 0.3 is 6.03 Å². The molecule has 21 heavy (non-hydrogen) atoms. The van der Waals surface area contributed by atoms with Crippen molar-refractivity contribution in [3.8, 4) is 0 Å². The highest BCUT2D eigenvalue weighted by atomic mass is 16.3. The van der Waals surface area contributed by atoms with Crippen LogP contribution in [0.5, 0.6) is 0 Å². The van der Waals surface area contributed by atoms with Gasteiger partial charge in [-0.1, -0.05) is 37.6 Å². The van der Waals surface area contributed by atoms with Gasteiger partial charge in [0.05, 0.1) is 6.61 Å². The lowest BCUT2D eigenvalue weighted by molar-refractivity contribution is 0.121. The average Bonchev–Trinajstić information content (AvgIpc) is 2.82. The molecule has 1 aromatic rings. The Kier molecular flexibility index (Phi) is 3.89. The van der Waals surface area contributed by atoms with Gasteiger partial charge in [-0.15, -0.1) is 0 Å². The molecule has 2 amide bonds. The minimum Gasteiger partial charge on any atom is -0.396 e. The Morgan fingerprint density at radius 3 is 3.00 bits per heavy atom. The predicted molar refractivity (Wildman–Crippen MR) is 82.3 cm³/mol. The number of carbonyl (C=O) groups excluding carboxylic acids is 1. The van der Waals surface area contributed by atoms with Crippen LogP contribution in [0.15, 0.2) is 24.3 Å². The number of aliphatic hydroxyl groups is 1. The van der Waals surface area contributed by atoms with E-state index < -0.39 is 0 Å². The zero-order valence-electron chi connectivity index (χ0n) is 12.6. The molecule has 2 aliphatic rings. The standard InChI is InChI=1S/C17H24N2O2/c1-17(11-20)8-4-7-15(17)19-16(21)18-10-13-9-12-5-2-3-6-14(12)13/h2-3,5-6,13,15,20H,4,7-11H2,1H3,(H2,18,19,21). The van der Waals surface area contributed by atoms with Gasteiger partial charge in [0.15, 0.2) is 0 Å². The second-order valence-electron chi connectivity index (χ2n) is 6.71. The lowest BCUT2D eigenvalue weighted by atomic mass is 9.78. The van der Waals surface area contributed by atoms with E-state index in [9.17, 15) is 9.90 Å². The van der Waals surface area contributed by atoms with Crippen LogP contribution in [0, 0.1) is 5.41 Å². The third-order valence-electron chi connectivity index (χ3n) is 5.22. The maximum atomic E-state index is 12.1. The van der Waals surface area contributed by atoms with Gasteiger partial charge in [-0.25, -0.2) is 4.79 Å². The molecule has 3 rings (SSSR count). The van der Waals surface area contributed by atoms with Crippen molar-refractivity contribution in [1.29, 1.82) is 0 Å². The van der Waals surface area contributed by atoms with Gasteiger partial charge in [0.25, 0.3) is 0 Å². The summed E-state index contributed by atoms with van der Waals surface area (Å²) in [5.41, 5.74) is 2.59. The number of fused-ring (bicyclic) bond motifs is 1. The average molecular weight is 288 g/mol. The Morgan fingerprint density at radius 1 is 1.43 bits per heavy atom. The fourth-order valence-electron chi connectivity index (χ4n) is 3.64. The summed E-state index contributed by atoms with van der Waals surface area (Å²) in [4.78, 5) is 12.1. The lowest BCUT2D eigenvalue weighted by Crippen LogP contribution is -2.49. The molecule has 0 bridgehead atoms. The van der Waals surface area contributed by atoms with Crippen molar-refractivity contribution in [3.05, 3.63) is 35.4 Å². The molecule has 1 aromatic carbocycles. The third kappa shape index (κ3) is 2.77. The second-order valence-corrected chi connectivity index (χ2v) is 6.71. The van der Waals surface area contributed by atoms with Crippen molar-refractivity contribution in [1.82, 2.24) is 10.6 Å². The van der Waals surface area contributed by atoms with Gasteiger partial charge in [-0.2, -0.15) is 0 Å². The van der Waals surface area contributed by atoms with E-state index in [1.54, 1.807) is 0 Å². The van der Waals surface area contributed by atoms with Crippen LogP contribution in [0.2, 0.25) is 0 Å². The normalized spacial score (nSPS) is 30.4. The largest absolute Gasteiger partial charge is 0.396 e. The number of rotatable bonds is 4. The molecule has 0 aromatic heterocycles. The molecular formula is C17H24N2O2. The highest BCUT2D eigenvalue weighted by Gasteiger charge is 2.39. The fraction of sp³-hybridized carbons (Fsp3) is 0.588. The Hall–Kier alpha value is -1.55. The predicted octanol–water partition coefficient (Wildman–Crippen LogP) is 2.18. The smallest absolute Gasteiger partial charge is 0.315 e. The van der Waals surface area contributed by atoms with Crippen LogP contribution < -0.4 is 10.6 Å². The number of hydrogen-bond acceptors (Lipinski definition) is 2. The number of benzene rings is 1. The van der Waals surface area contributed by atoms with Crippen LogP contribution in [0.1, 0.15) is 43.2 Å². The Labute approximate surface area is 125 Å². The van der Waals surface area contributed by atoms with Gasteiger partial charge < -0.3 is 15.7 Å². The van der Waals surface area contributed by atoms with Gasteiger partial charge in [-0.05, 0) is 30.4 Å². The van der Waals surface area contributed by atoms with Crippen molar-refractivity contribution in [2.75, 3.05) is 13.2 Å². The van der Waals surface area contributed by atoms with Crippen molar-refractivity contribution in [2.24, 2.45) is 5.41 Å². The minimum absolute atomic E-state index is 0.0798. The molecule has 0 aliphatic heterocycles. The molecule has 3 unspecified atom stereocenters. The molecule has 4 heteroatoms. The summed E-state index contributed by atoms with van der Waals surface area (Å²) in [6, 6.07) is 8.38. The summed E-state index contributed by atoms with van der Waals surface area (Å²) in [6.45, 7) is 2.87. The maximum absolute atomic E-state index is 12.1. The molecule has 3 N–H and O–H groups in total. The zero-order chi connectivity index (χ0) is 14.9. The number of carbonyl (C=O) groups is 1. The van der Waals surface area contributed by atoms with Gasteiger partial charge in [0.1, 0.15) is 0 Å². The van der Waals surface area contributed by atoms with E-state index in [1.807, 2.05) is 6.92 Å². The summed E-state index contributed by atoms with van der Waals surface area (Å²) in [5.74, 6) is 0.444. The van der Waals surface area contributed by atoms with Crippen LogP contribution >= 0.6 is 0 Å². The highest BCUT2D eigenvalue weighted by molar-refractivity contribution is 5.74. The molecule has 4 nitrogen and oxygen atoms in total. The fourth-order valence-corrected chi connectivity index (χ4v) is 3.64. The number of nitrogens with one attached hydrogen (secondary N) is 2. The van der Waals surface area contributed by atoms with E-state index in [0.29, 0.717) is 12.5 Å². The summed E-state index contributed by atoms with van der Waals surface area (Å²) in [5, 5.41) is 15.5. The third-order valence-corrected chi connectivity index (χ3v) is 5.22. The molecule has 114 valence electrons. The van der Waals surface area contributed by atoms with Crippen LogP contribution in [-0.2, 0) is 6.42 Å². The molecule has 0 saturated heterocycles. The summed E-state index contributed by atoms with van der Waals surface area (Å²) in [7, 11) is 0. The van der Waals surface area contributed by atoms with E-state index >= 15 is 0 Å². The van der Waals surface area contributed by atoms with Crippen molar-refractivity contribution >= 4 is 6.03 Å². The first kappa shape index (κ1) is 14.4. The molecule has 2 aliphatic carbocycles. The van der Waals surface area contributed by atoms with Gasteiger partial charge in [0.2, 0.25) is 0 Å². The van der Waals surface area contributed by atoms with Gasteiger partial charge in [0, 0.05) is 23.9 Å². The van der Waals surface area contributed by atoms with Crippen LogP contribution in [0.3, 0.4) is 0 Å². The molecular weight excluding hydrogens is 264 g/mol. The van der Waals surface area contributed by atoms with Crippen LogP contribution in [-0.4, -0.2) is 30.3 Å². The van der Waals surface area contributed by atoms with E-state index in [2.05, 4.69) is 34.9 Å². The van der Waals surface area contributed by atoms with E-state index in [0.717, 1.165) is 25.7 Å². The number of aliphatic hydroxyl groups excluding tert-OH is 1. The van der Waals surface area contributed by atoms with Crippen LogP contribution in [0.25, 0.3) is 0 Å². The Bertz CT molecular complexity index is 531. The molecule has 0 heterocycles. The first-order chi connectivity index (χ1) is 10.1. The van der Waals surface area contributed by atoms with Gasteiger partial charge in [-0.3, -0.25) is 0 Å². The molecule has 1 saturated carbocycles. The molecule has 3 atom stereocenters. The lowest BCUT2D eigenvalue weighted by Gasteiger charge is -2.32. The second kappa shape index (κ2) is 5.68. The molecule has 0 spiro atoms. The highest BCUT2D eigenvalue weighted by Crippen LogP contribution is 2.37. The van der Waals surface area contributed by atoms with Crippen molar-refractivity contribution in [2.45, 2.75) is 44.6 Å².